The zero-order chi connectivity index (χ0) is 10.7. The Morgan fingerprint density at radius 2 is 2.07 bits per heavy atom. The largest absolute Gasteiger partial charge is 0.309 e. The molecule has 0 aromatic heterocycles. The zero-order valence-electron chi connectivity index (χ0n) is 8.69. The molecule has 3 heteroatoms. The molecule has 0 bridgehead atoms. The molecular weight excluding hydrogens is 206 g/mol. The fraction of sp³-hybridized carbons (Fsp3) is 0.417. The summed E-state index contributed by atoms with van der Waals surface area (Å²) >= 11 is 1.36. The molecule has 0 aliphatic heterocycles. The topological polar surface area (TPSA) is 33.0 Å². The lowest BCUT2D eigenvalue weighted by molar-refractivity contribution is 0.313. The molecule has 2 nitrogen and oxygen atoms in total. The van der Waals surface area contributed by atoms with E-state index in [2.05, 4.69) is 25.1 Å². The molecule has 78 valence electrons. The van der Waals surface area contributed by atoms with Gasteiger partial charge in [-0.25, -0.2) is 0 Å². The Bertz CT molecular complexity index is 376. The van der Waals surface area contributed by atoms with Gasteiger partial charge in [-0.05, 0) is 31.9 Å². The van der Waals surface area contributed by atoms with Gasteiger partial charge in [0.2, 0.25) is 0 Å². The SMILES string of the molecule is Cc1ccc(SOCC2(C#N)CC2)cc1. The van der Waals surface area contributed by atoms with Gasteiger partial charge in [0.25, 0.3) is 0 Å². The van der Waals surface area contributed by atoms with Crippen molar-refractivity contribution in [2.45, 2.75) is 24.7 Å². The number of nitrogens with zero attached hydrogens (tertiary/aromatic N) is 1. The van der Waals surface area contributed by atoms with Crippen LogP contribution in [0.25, 0.3) is 0 Å². The highest BCUT2D eigenvalue weighted by Gasteiger charge is 2.43. The van der Waals surface area contributed by atoms with Gasteiger partial charge in [-0.2, -0.15) is 5.26 Å². The van der Waals surface area contributed by atoms with E-state index < -0.39 is 0 Å². The Balaban J connectivity index is 1.79. The molecule has 1 aliphatic carbocycles. The molecular formula is C12H13NOS. The summed E-state index contributed by atoms with van der Waals surface area (Å²) in [5.41, 5.74) is 1.08. The zero-order valence-corrected chi connectivity index (χ0v) is 9.51. The highest BCUT2D eigenvalue weighted by molar-refractivity contribution is 7.94. The highest BCUT2D eigenvalue weighted by atomic mass is 32.2. The van der Waals surface area contributed by atoms with Crippen molar-refractivity contribution in [2.75, 3.05) is 6.61 Å². The Labute approximate surface area is 94.5 Å². The van der Waals surface area contributed by atoms with E-state index in [1.165, 1.54) is 17.6 Å². The first-order valence-electron chi connectivity index (χ1n) is 5.02. The quantitative estimate of drug-likeness (QED) is 0.728. The van der Waals surface area contributed by atoms with Gasteiger partial charge >= 0.3 is 0 Å². The van der Waals surface area contributed by atoms with E-state index in [1.54, 1.807) is 0 Å². The minimum absolute atomic E-state index is 0.169. The molecule has 0 N–H and O–H groups in total. The minimum atomic E-state index is -0.169. The van der Waals surface area contributed by atoms with Gasteiger partial charge < -0.3 is 4.18 Å². The van der Waals surface area contributed by atoms with Crippen molar-refractivity contribution in [1.29, 1.82) is 5.26 Å². The van der Waals surface area contributed by atoms with Crippen molar-refractivity contribution < 1.29 is 4.18 Å². The number of hydrogen-bond donors (Lipinski definition) is 0. The molecule has 0 spiro atoms. The second-order valence-corrected chi connectivity index (χ2v) is 4.92. The van der Waals surface area contributed by atoms with E-state index in [-0.39, 0.29) is 5.41 Å². The summed E-state index contributed by atoms with van der Waals surface area (Å²) in [5, 5.41) is 8.85. The second kappa shape index (κ2) is 4.26. The van der Waals surface area contributed by atoms with E-state index in [4.69, 9.17) is 9.44 Å². The molecule has 1 fully saturated rings. The molecule has 1 saturated carbocycles. The van der Waals surface area contributed by atoms with Crippen LogP contribution < -0.4 is 0 Å². The van der Waals surface area contributed by atoms with E-state index in [9.17, 15) is 0 Å². The van der Waals surface area contributed by atoms with E-state index >= 15 is 0 Å². The van der Waals surface area contributed by atoms with Gasteiger partial charge in [0.05, 0.1) is 18.1 Å². The van der Waals surface area contributed by atoms with Crippen LogP contribution in [0.15, 0.2) is 29.2 Å². The first-order chi connectivity index (χ1) is 7.24. The van der Waals surface area contributed by atoms with Crippen LogP contribution in [0.1, 0.15) is 18.4 Å². The summed E-state index contributed by atoms with van der Waals surface area (Å²) < 4.78 is 5.47. The lowest BCUT2D eigenvalue weighted by atomic mass is 10.2. The summed E-state index contributed by atoms with van der Waals surface area (Å²) in [6, 6.07) is 10.5. The van der Waals surface area contributed by atoms with Crippen LogP contribution in [0.4, 0.5) is 0 Å². The van der Waals surface area contributed by atoms with Crippen molar-refractivity contribution >= 4 is 12.0 Å². The molecule has 1 aliphatic rings. The van der Waals surface area contributed by atoms with Crippen LogP contribution in [-0.4, -0.2) is 6.61 Å². The molecule has 1 aromatic carbocycles. The first-order valence-corrected chi connectivity index (χ1v) is 5.76. The molecule has 0 unspecified atom stereocenters. The van der Waals surface area contributed by atoms with E-state index in [1.807, 2.05) is 12.1 Å². The van der Waals surface area contributed by atoms with Crippen LogP contribution in [0.5, 0.6) is 0 Å². The fourth-order valence-electron chi connectivity index (χ4n) is 1.24. The third-order valence-electron chi connectivity index (χ3n) is 2.60. The van der Waals surface area contributed by atoms with Crippen LogP contribution in [0.2, 0.25) is 0 Å². The number of hydrogen-bond acceptors (Lipinski definition) is 3. The molecule has 0 saturated heterocycles. The van der Waals surface area contributed by atoms with Crippen molar-refractivity contribution in [3.63, 3.8) is 0 Å². The molecule has 15 heavy (non-hydrogen) atoms. The van der Waals surface area contributed by atoms with Crippen LogP contribution in [-0.2, 0) is 4.18 Å². The van der Waals surface area contributed by atoms with Gasteiger partial charge in [-0.15, -0.1) is 0 Å². The average Bonchev–Trinajstić information content (AvgIpc) is 3.02. The van der Waals surface area contributed by atoms with E-state index in [0.717, 1.165) is 17.7 Å². The third kappa shape index (κ3) is 2.74. The molecule has 0 heterocycles. The van der Waals surface area contributed by atoms with Gasteiger partial charge in [0.1, 0.15) is 0 Å². The maximum Gasteiger partial charge on any atom is 0.0820 e. The first kappa shape index (κ1) is 10.5. The van der Waals surface area contributed by atoms with Crippen molar-refractivity contribution in [3.8, 4) is 6.07 Å². The van der Waals surface area contributed by atoms with Gasteiger partial charge in [-0.3, -0.25) is 0 Å². The Morgan fingerprint density at radius 3 is 2.60 bits per heavy atom. The van der Waals surface area contributed by atoms with Crippen LogP contribution in [0, 0.1) is 23.7 Å². The average molecular weight is 219 g/mol. The van der Waals surface area contributed by atoms with Crippen molar-refractivity contribution in [1.82, 2.24) is 0 Å². The summed E-state index contributed by atoms with van der Waals surface area (Å²) in [7, 11) is 0. The van der Waals surface area contributed by atoms with E-state index in [0.29, 0.717) is 6.61 Å². The maximum atomic E-state index is 8.85. The Hall–Kier alpha value is -0.980. The highest BCUT2D eigenvalue weighted by Crippen LogP contribution is 2.45. The number of aryl methyl sites for hydroxylation is 1. The maximum absolute atomic E-state index is 8.85. The second-order valence-electron chi connectivity index (χ2n) is 4.05. The van der Waals surface area contributed by atoms with Crippen molar-refractivity contribution in [3.05, 3.63) is 29.8 Å². The summed E-state index contributed by atoms with van der Waals surface area (Å²) in [4.78, 5) is 1.09. The standard InChI is InChI=1S/C12H13NOS/c1-10-2-4-11(5-3-10)15-14-9-12(8-13)6-7-12/h2-5H,6-7,9H2,1H3. The van der Waals surface area contributed by atoms with Crippen LogP contribution in [0.3, 0.4) is 0 Å². The van der Waals surface area contributed by atoms with Gasteiger partial charge in [0, 0.05) is 16.9 Å². The van der Waals surface area contributed by atoms with Crippen LogP contribution >= 0.6 is 12.0 Å². The Kier molecular flexibility index (Phi) is 2.99. The normalized spacial score (nSPS) is 17.1. The molecule has 2 rings (SSSR count). The smallest absolute Gasteiger partial charge is 0.0820 e. The van der Waals surface area contributed by atoms with Crippen molar-refractivity contribution in [2.24, 2.45) is 5.41 Å². The molecule has 0 radical (unpaired) electrons. The summed E-state index contributed by atoms with van der Waals surface area (Å²) in [6.07, 6.45) is 1.97. The lowest BCUT2D eigenvalue weighted by Crippen LogP contribution is -2.03. The summed E-state index contributed by atoms with van der Waals surface area (Å²) in [6.45, 7) is 2.60. The van der Waals surface area contributed by atoms with Gasteiger partial charge in [-0.1, -0.05) is 17.7 Å². The number of rotatable bonds is 4. The third-order valence-corrected chi connectivity index (χ3v) is 3.30. The Morgan fingerprint density at radius 1 is 1.40 bits per heavy atom. The molecule has 0 atom stereocenters. The minimum Gasteiger partial charge on any atom is -0.309 e. The lowest BCUT2D eigenvalue weighted by Gasteiger charge is -2.05. The fourth-order valence-corrected chi connectivity index (χ4v) is 1.91. The predicted octanol–water partition coefficient (Wildman–Crippen LogP) is 3.32. The number of benzene rings is 1. The monoisotopic (exact) mass is 219 g/mol. The number of nitriles is 1. The molecule has 1 aromatic rings. The van der Waals surface area contributed by atoms with Gasteiger partial charge in [0.15, 0.2) is 0 Å². The molecule has 0 amide bonds. The summed E-state index contributed by atoms with van der Waals surface area (Å²) in [5.74, 6) is 0. The predicted molar refractivity (Wildman–Crippen MR) is 60.3 cm³/mol.